The van der Waals surface area contributed by atoms with Crippen LogP contribution in [0.25, 0.3) is 66.8 Å². The lowest BCUT2D eigenvalue weighted by molar-refractivity contribution is 0.593. The zero-order valence-corrected chi connectivity index (χ0v) is 25.2. The molecule has 0 aliphatic rings. The molecular weight excluding hydrogens is 553 g/mol. The Hall–Kier alpha value is -5.46. The van der Waals surface area contributed by atoms with Gasteiger partial charge >= 0.3 is 0 Å². The number of hydrogen-bond donors (Lipinski definition) is 0. The van der Waals surface area contributed by atoms with Crippen molar-refractivity contribution in [3.63, 3.8) is 0 Å². The van der Waals surface area contributed by atoms with Crippen molar-refractivity contribution in [3.05, 3.63) is 181 Å². The van der Waals surface area contributed by atoms with E-state index < -0.39 is 126 Å². The van der Waals surface area contributed by atoms with Crippen molar-refractivity contribution in [2.45, 2.75) is 26.2 Å². The molecule has 7 aromatic carbocycles. The number of rotatable bonds is 6. The second kappa shape index (κ2) is 12.5. The molecule has 0 aromatic heterocycles. The maximum atomic E-state index is 8.86. The summed E-state index contributed by atoms with van der Waals surface area (Å²) in [5.41, 5.74) is 0.831. The zero-order valence-electron chi connectivity index (χ0n) is 45.2. The predicted molar refractivity (Wildman–Crippen MR) is 198 cm³/mol. The highest BCUT2D eigenvalue weighted by atomic mass is 14.3. The van der Waals surface area contributed by atoms with Gasteiger partial charge in [0.25, 0.3) is 0 Å². The van der Waals surface area contributed by atoms with Crippen molar-refractivity contribution in [2.75, 3.05) is 0 Å². The smallest absolute Gasteiger partial charge is 0.0622 e. The summed E-state index contributed by atoms with van der Waals surface area (Å²) in [5, 5.41) is 0. The average Bonchev–Trinajstić information content (AvgIpc) is 3.28. The average molecular weight is 611 g/mol. The van der Waals surface area contributed by atoms with Crippen LogP contribution in [0.5, 0.6) is 0 Å². The highest BCUT2D eigenvalue weighted by molar-refractivity contribution is 5.88. The van der Waals surface area contributed by atoms with Crippen molar-refractivity contribution in [1.29, 1.82) is 0 Å². The van der Waals surface area contributed by atoms with Gasteiger partial charge in [-0.2, -0.15) is 0 Å². The van der Waals surface area contributed by atoms with Crippen LogP contribution >= 0.6 is 0 Å². The second-order valence-electron chi connectivity index (χ2n) is 11.6. The molecule has 7 aromatic rings. The largest absolute Gasteiger partial charge is 0.0629 e. The first-order valence-electron chi connectivity index (χ1n) is 24.5. The zero-order chi connectivity index (χ0) is 48.9. The normalized spacial score (nSPS) is 17.5. The minimum Gasteiger partial charge on any atom is -0.0622 e. The van der Waals surface area contributed by atoms with E-state index >= 15 is 0 Å². The van der Waals surface area contributed by atoms with E-state index in [-0.39, 0.29) is 44.5 Å². The summed E-state index contributed by atoms with van der Waals surface area (Å²) >= 11 is 0. The molecule has 0 saturated heterocycles. The van der Waals surface area contributed by atoms with Gasteiger partial charge < -0.3 is 0 Å². The molecule has 0 radical (unpaired) electrons. The standard InChI is InChI=1S/C46H38/c1-46(2,3)45-43(41-29-37(33-17-8-4-9-18-33)27-38(30-41)34-19-10-5-11-20-34)25-16-26-44(45)42-31-39(35-21-12-6-13-22-35)28-40(32-42)36-23-14-7-15-24-36/h4-32H,1-3H3/i4D,5D,6D,7D,8D,9D,10D,11D,12D,13D,14D,15D,17D,18D,19D,20D,21D,22D,23D,24D. The lowest BCUT2D eigenvalue weighted by Crippen LogP contribution is -2.15. The quantitative estimate of drug-likeness (QED) is 0.176. The molecular formula is C46H38. The van der Waals surface area contributed by atoms with Crippen molar-refractivity contribution in [3.8, 4) is 66.8 Å². The van der Waals surface area contributed by atoms with E-state index in [1.807, 2.05) is 20.8 Å². The van der Waals surface area contributed by atoms with Gasteiger partial charge in [-0.25, -0.2) is 0 Å². The van der Waals surface area contributed by atoms with Crippen LogP contribution in [0.15, 0.2) is 175 Å². The highest BCUT2D eigenvalue weighted by Crippen LogP contribution is 2.44. The SMILES string of the molecule is [2H]c1c([2H])c([2H])c(-c2cc(-c3cccc(-c4cc(-c5c([2H])c([2H])c([2H])c([2H])c5[2H])cc(-c5c([2H])c([2H])c([2H])c([2H])c5[2H])c4)c3C(C)(C)C)cc(-c3c([2H])c([2H])c([2H])c([2H])c3[2H])c2)c([2H])c1[2H]. The van der Waals surface area contributed by atoms with E-state index in [4.69, 9.17) is 27.4 Å². The van der Waals surface area contributed by atoms with E-state index in [0.29, 0.717) is 27.8 Å². The van der Waals surface area contributed by atoms with E-state index in [0.717, 1.165) is 0 Å². The summed E-state index contributed by atoms with van der Waals surface area (Å²) in [6, 6.07) is 2.45. The van der Waals surface area contributed by atoms with Crippen LogP contribution < -0.4 is 0 Å². The van der Waals surface area contributed by atoms with Crippen LogP contribution in [-0.2, 0) is 5.41 Å². The van der Waals surface area contributed by atoms with Gasteiger partial charge in [0.1, 0.15) is 0 Å². The third-order valence-electron chi connectivity index (χ3n) is 7.46. The molecule has 0 aliphatic heterocycles. The van der Waals surface area contributed by atoms with Crippen molar-refractivity contribution < 1.29 is 27.4 Å². The molecule has 0 heterocycles. The molecule has 0 heteroatoms. The second-order valence-corrected chi connectivity index (χ2v) is 11.6. The van der Waals surface area contributed by atoms with Gasteiger partial charge in [-0.05, 0) is 114 Å². The van der Waals surface area contributed by atoms with E-state index in [1.165, 1.54) is 12.1 Å². The van der Waals surface area contributed by atoms with Gasteiger partial charge in [0.05, 0.1) is 27.4 Å². The summed E-state index contributed by atoms with van der Waals surface area (Å²) < 4.78 is 171. The first-order valence-corrected chi connectivity index (χ1v) is 14.5. The first-order chi connectivity index (χ1) is 30.7. The van der Waals surface area contributed by atoms with Gasteiger partial charge in [0.2, 0.25) is 0 Å². The summed E-state index contributed by atoms with van der Waals surface area (Å²) in [4.78, 5) is 0. The van der Waals surface area contributed by atoms with Crippen LogP contribution in [0.2, 0.25) is 0 Å². The van der Waals surface area contributed by atoms with Crippen molar-refractivity contribution in [2.24, 2.45) is 0 Å². The highest BCUT2D eigenvalue weighted by Gasteiger charge is 2.24. The molecule has 0 bridgehead atoms. The van der Waals surface area contributed by atoms with Gasteiger partial charge in [-0.3, -0.25) is 0 Å². The third kappa shape index (κ3) is 6.08. The maximum absolute atomic E-state index is 8.86. The van der Waals surface area contributed by atoms with Crippen LogP contribution in [0.1, 0.15) is 53.7 Å². The molecule has 222 valence electrons. The fraction of sp³-hybridized carbons (Fsp3) is 0.0870. The fourth-order valence-electron chi connectivity index (χ4n) is 5.56. The molecule has 0 N–H and O–H groups in total. The monoisotopic (exact) mass is 610 g/mol. The maximum Gasteiger partial charge on any atom is 0.0629 e. The summed E-state index contributed by atoms with van der Waals surface area (Å²) in [6.45, 7) is 5.67. The van der Waals surface area contributed by atoms with Gasteiger partial charge in [-0.15, -0.1) is 0 Å². The van der Waals surface area contributed by atoms with E-state index in [1.54, 1.807) is 42.5 Å². The van der Waals surface area contributed by atoms with Gasteiger partial charge in [0, 0.05) is 0 Å². The van der Waals surface area contributed by atoms with Crippen molar-refractivity contribution >= 4 is 0 Å². The van der Waals surface area contributed by atoms with Gasteiger partial charge in [-0.1, -0.05) is 160 Å². The Kier molecular flexibility index (Phi) is 3.89. The van der Waals surface area contributed by atoms with E-state index in [9.17, 15) is 0 Å². The Morgan fingerprint density at radius 2 is 0.609 bits per heavy atom. The summed E-state index contributed by atoms with van der Waals surface area (Å²) in [5.74, 6) is 0. The predicted octanol–water partition coefficient (Wildman–Crippen LogP) is 13.0. The third-order valence-corrected chi connectivity index (χ3v) is 7.46. The summed E-state index contributed by atoms with van der Waals surface area (Å²) in [7, 11) is 0. The molecule has 0 amide bonds. The number of hydrogen-bond acceptors (Lipinski definition) is 0. The lowest BCUT2D eigenvalue weighted by Gasteiger charge is -2.28. The molecule has 0 nitrogen and oxygen atoms in total. The van der Waals surface area contributed by atoms with Crippen LogP contribution in [0, 0.1) is 0 Å². The van der Waals surface area contributed by atoms with Crippen molar-refractivity contribution in [1.82, 2.24) is 0 Å². The van der Waals surface area contributed by atoms with Crippen LogP contribution in [0.3, 0.4) is 0 Å². The molecule has 0 atom stereocenters. The topological polar surface area (TPSA) is 0 Å². The van der Waals surface area contributed by atoms with Crippen LogP contribution in [-0.4, -0.2) is 0 Å². The molecule has 0 fully saturated rings. The lowest BCUT2D eigenvalue weighted by atomic mass is 9.76. The Morgan fingerprint density at radius 1 is 0.348 bits per heavy atom. The number of benzene rings is 7. The molecule has 0 aliphatic carbocycles. The van der Waals surface area contributed by atoms with E-state index in [2.05, 4.69) is 0 Å². The van der Waals surface area contributed by atoms with Crippen LogP contribution in [0.4, 0.5) is 0 Å². The Bertz CT molecular complexity index is 2740. The molecule has 46 heavy (non-hydrogen) atoms. The Labute approximate surface area is 301 Å². The Balaban J connectivity index is 1.64. The summed E-state index contributed by atoms with van der Waals surface area (Å²) in [6.07, 6.45) is 0. The fourth-order valence-corrected chi connectivity index (χ4v) is 5.56. The Morgan fingerprint density at radius 3 is 0.870 bits per heavy atom. The van der Waals surface area contributed by atoms with Gasteiger partial charge in [0.15, 0.2) is 0 Å². The molecule has 0 unspecified atom stereocenters. The molecule has 7 rings (SSSR count). The molecule has 0 spiro atoms. The minimum absolute atomic E-state index is 0.0724. The minimum atomic E-state index is -0.820. The first kappa shape index (κ1) is 14.3. The molecule has 0 saturated carbocycles.